The van der Waals surface area contributed by atoms with Gasteiger partial charge in [-0.3, -0.25) is 14.2 Å². The Labute approximate surface area is 68.1 Å². The van der Waals surface area contributed by atoms with E-state index in [0.717, 1.165) is 13.8 Å². The van der Waals surface area contributed by atoms with Crippen molar-refractivity contribution in [3.8, 4) is 0 Å². The van der Waals surface area contributed by atoms with Gasteiger partial charge in [-0.05, 0) is 13.8 Å². The summed E-state index contributed by atoms with van der Waals surface area (Å²) in [4.78, 5) is 30.3. The first-order valence-electron chi connectivity index (χ1n) is 3.06. The fourth-order valence-corrected chi connectivity index (χ4v) is 1.77. The Balaban J connectivity index is 3.05. The third kappa shape index (κ3) is 1.29. The molecule has 1 heterocycles. The number of ketones is 1. The molecule has 0 aromatic carbocycles. The molecular formula is C5H7O6P. The molecule has 7 heteroatoms. The van der Waals surface area contributed by atoms with Crippen molar-refractivity contribution in [3.63, 3.8) is 0 Å². The molecule has 68 valence electrons. The molecule has 1 fully saturated rings. The summed E-state index contributed by atoms with van der Waals surface area (Å²) in [5.41, 5.74) is -1.93. The molecule has 0 aliphatic carbocycles. The van der Waals surface area contributed by atoms with E-state index in [9.17, 15) is 14.2 Å². The summed E-state index contributed by atoms with van der Waals surface area (Å²) >= 11 is 0. The maximum atomic E-state index is 10.9. The molecule has 1 aliphatic rings. The lowest BCUT2D eigenvalue weighted by atomic mass is 10.0. The standard InChI is InChI=1S/C5H7O6P/c1-3(6)5(2)4(7)10-12(8,9)11-5/h1-2H3,(H,8,9)/t5-/m1/s1. The number of carbonyl (C=O) groups is 2. The van der Waals surface area contributed by atoms with Gasteiger partial charge in [0, 0.05) is 0 Å². The van der Waals surface area contributed by atoms with Gasteiger partial charge < -0.3 is 4.52 Å². The molecule has 1 N–H and O–H groups in total. The first kappa shape index (κ1) is 9.38. The zero-order valence-electron chi connectivity index (χ0n) is 6.44. The van der Waals surface area contributed by atoms with Gasteiger partial charge in [-0.15, -0.1) is 0 Å². The quantitative estimate of drug-likeness (QED) is 0.467. The van der Waals surface area contributed by atoms with Crippen LogP contribution in [0.15, 0.2) is 0 Å². The van der Waals surface area contributed by atoms with E-state index in [1.807, 2.05) is 0 Å². The Morgan fingerprint density at radius 2 is 2.17 bits per heavy atom. The lowest BCUT2D eigenvalue weighted by molar-refractivity contribution is -0.149. The summed E-state index contributed by atoms with van der Waals surface area (Å²) < 4.78 is 18.9. The number of rotatable bonds is 1. The lowest BCUT2D eigenvalue weighted by Gasteiger charge is -2.11. The van der Waals surface area contributed by atoms with Crippen molar-refractivity contribution < 1.29 is 28.1 Å². The lowest BCUT2D eigenvalue weighted by Crippen LogP contribution is -2.39. The van der Waals surface area contributed by atoms with Crippen molar-refractivity contribution >= 4 is 19.6 Å². The molecular weight excluding hydrogens is 187 g/mol. The number of carbonyl (C=O) groups excluding carboxylic acids is 2. The number of phosphoric ester groups is 1. The van der Waals surface area contributed by atoms with Crippen LogP contribution in [0.25, 0.3) is 0 Å². The highest BCUT2D eigenvalue weighted by Gasteiger charge is 2.56. The predicted octanol–water partition coefficient (Wildman–Crippen LogP) is 0.00790. The molecule has 2 atom stereocenters. The van der Waals surface area contributed by atoms with Crippen LogP contribution in [0.2, 0.25) is 0 Å². The predicted molar refractivity (Wildman–Crippen MR) is 36.1 cm³/mol. The molecule has 0 aromatic heterocycles. The van der Waals surface area contributed by atoms with Crippen LogP contribution in [-0.4, -0.2) is 22.2 Å². The average Bonchev–Trinajstić information content (AvgIpc) is 2.03. The van der Waals surface area contributed by atoms with Gasteiger partial charge in [-0.1, -0.05) is 0 Å². The minimum atomic E-state index is -4.35. The molecule has 0 aromatic rings. The van der Waals surface area contributed by atoms with Gasteiger partial charge in [0.05, 0.1) is 0 Å². The topological polar surface area (TPSA) is 89.9 Å². The average molecular weight is 194 g/mol. The fraction of sp³-hybridized carbons (Fsp3) is 0.600. The molecule has 0 spiro atoms. The maximum absolute atomic E-state index is 10.9. The molecule has 0 bridgehead atoms. The van der Waals surface area contributed by atoms with Gasteiger partial charge in [0.1, 0.15) is 0 Å². The smallest absolute Gasteiger partial charge is 0.368 e. The van der Waals surface area contributed by atoms with Crippen molar-refractivity contribution in [1.29, 1.82) is 0 Å². The van der Waals surface area contributed by atoms with E-state index in [2.05, 4.69) is 9.05 Å². The Morgan fingerprint density at radius 3 is 2.33 bits per heavy atom. The monoisotopic (exact) mass is 194 g/mol. The van der Waals surface area contributed by atoms with E-state index >= 15 is 0 Å². The third-order valence-electron chi connectivity index (χ3n) is 1.56. The summed E-state index contributed by atoms with van der Waals surface area (Å²) in [5.74, 6) is -1.79. The Morgan fingerprint density at radius 1 is 1.67 bits per heavy atom. The van der Waals surface area contributed by atoms with Gasteiger partial charge in [0.15, 0.2) is 5.78 Å². The maximum Gasteiger partial charge on any atom is 0.531 e. The minimum Gasteiger partial charge on any atom is -0.368 e. The van der Waals surface area contributed by atoms with E-state index in [1.54, 1.807) is 0 Å². The van der Waals surface area contributed by atoms with Crippen LogP contribution < -0.4 is 0 Å². The molecule has 0 amide bonds. The molecule has 6 nitrogen and oxygen atoms in total. The first-order chi connectivity index (χ1) is 5.28. The second-order valence-corrected chi connectivity index (χ2v) is 3.83. The third-order valence-corrected chi connectivity index (χ3v) is 2.55. The summed E-state index contributed by atoms with van der Waals surface area (Å²) in [6.07, 6.45) is 0. The van der Waals surface area contributed by atoms with Crippen molar-refractivity contribution in [1.82, 2.24) is 0 Å². The fourth-order valence-electron chi connectivity index (χ4n) is 0.687. The van der Waals surface area contributed by atoms with E-state index in [-0.39, 0.29) is 0 Å². The van der Waals surface area contributed by atoms with Crippen LogP contribution in [-0.2, 0) is 23.2 Å². The summed E-state index contributed by atoms with van der Waals surface area (Å²) in [7, 11) is -4.35. The van der Waals surface area contributed by atoms with Crippen molar-refractivity contribution in [2.75, 3.05) is 0 Å². The molecule has 0 saturated carbocycles. The highest BCUT2D eigenvalue weighted by atomic mass is 31.2. The van der Waals surface area contributed by atoms with Gasteiger partial charge in [0.2, 0.25) is 5.60 Å². The van der Waals surface area contributed by atoms with Gasteiger partial charge in [-0.2, -0.15) is 0 Å². The first-order valence-corrected chi connectivity index (χ1v) is 4.56. The van der Waals surface area contributed by atoms with Crippen molar-refractivity contribution in [2.45, 2.75) is 19.4 Å². The van der Waals surface area contributed by atoms with Crippen LogP contribution in [0, 0.1) is 0 Å². The number of hydrogen-bond donors (Lipinski definition) is 1. The second kappa shape index (κ2) is 2.39. The van der Waals surface area contributed by atoms with Gasteiger partial charge in [-0.25, -0.2) is 9.36 Å². The second-order valence-electron chi connectivity index (χ2n) is 2.53. The zero-order chi connectivity index (χ0) is 9.57. The summed E-state index contributed by atoms with van der Waals surface area (Å²) in [6.45, 7) is 2.17. The summed E-state index contributed by atoms with van der Waals surface area (Å²) in [6, 6.07) is 0. The zero-order valence-corrected chi connectivity index (χ0v) is 7.33. The summed E-state index contributed by atoms with van der Waals surface area (Å²) in [5, 5.41) is 0. The van der Waals surface area contributed by atoms with E-state index in [0.29, 0.717) is 0 Å². The van der Waals surface area contributed by atoms with Crippen molar-refractivity contribution in [2.24, 2.45) is 0 Å². The normalized spacial score (nSPS) is 41.1. The van der Waals surface area contributed by atoms with E-state index in [1.165, 1.54) is 0 Å². The molecule has 12 heavy (non-hydrogen) atoms. The van der Waals surface area contributed by atoms with Gasteiger partial charge in [0.25, 0.3) is 0 Å². The van der Waals surface area contributed by atoms with Gasteiger partial charge >= 0.3 is 13.8 Å². The number of hydrogen-bond acceptors (Lipinski definition) is 5. The Bertz CT molecular complexity index is 296. The SMILES string of the molecule is CC(=O)[C@@]1(C)OP(=O)(O)OC1=O. The highest BCUT2D eigenvalue weighted by molar-refractivity contribution is 7.48. The molecule has 1 rings (SSSR count). The minimum absolute atomic E-state index is 0.667. The van der Waals surface area contributed by atoms with Crippen molar-refractivity contribution in [3.05, 3.63) is 0 Å². The van der Waals surface area contributed by atoms with Crippen LogP contribution >= 0.6 is 7.82 Å². The van der Waals surface area contributed by atoms with E-state index < -0.39 is 25.2 Å². The Kier molecular flexibility index (Phi) is 1.87. The number of Topliss-reactive ketones (excluding diaryl/α,β-unsaturated/α-hetero) is 1. The van der Waals surface area contributed by atoms with Crippen LogP contribution in [0.3, 0.4) is 0 Å². The largest absolute Gasteiger partial charge is 0.531 e. The van der Waals surface area contributed by atoms with Crippen LogP contribution in [0.5, 0.6) is 0 Å². The number of phosphoric acid groups is 1. The Hall–Kier alpha value is -0.710. The molecule has 1 aliphatic heterocycles. The molecule has 1 unspecified atom stereocenters. The highest BCUT2D eigenvalue weighted by Crippen LogP contribution is 2.54. The van der Waals surface area contributed by atoms with Crippen LogP contribution in [0.1, 0.15) is 13.8 Å². The molecule has 0 radical (unpaired) electrons. The van der Waals surface area contributed by atoms with Crippen LogP contribution in [0.4, 0.5) is 0 Å². The van der Waals surface area contributed by atoms with E-state index in [4.69, 9.17) is 4.89 Å². The molecule has 1 saturated heterocycles.